The number of ether oxygens (including phenoxy) is 6. The monoisotopic (exact) mass is 535 g/mol. The number of esters is 4. The molecule has 0 saturated heterocycles. The SMILES string of the molecule is CCC(=O)OCOC(=O)CCCNCCN(CCNC(=O)OCOC(=O)CC)C(=O)OCOC(=O)CC. The molecular weight excluding hydrogens is 498 g/mol. The minimum absolute atomic E-state index is 0.00114. The van der Waals surface area contributed by atoms with Crippen LogP contribution in [0.15, 0.2) is 0 Å². The summed E-state index contributed by atoms with van der Waals surface area (Å²) in [5.41, 5.74) is 0. The Balaban J connectivity index is 4.36. The van der Waals surface area contributed by atoms with Gasteiger partial charge in [0.25, 0.3) is 0 Å². The number of carbonyl (C=O) groups excluding carboxylic acids is 6. The van der Waals surface area contributed by atoms with Gasteiger partial charge in [0.05, 0.1) is 0 Å². The lowest BCUT2D eigenvalue weighted by atomic mass is 10.3. The number of nitrogens with zero attached hydrogens (tertiary/aromatic N) is 1. The Morgan fingerprint density at radius 2 is 1.08 bits per heavy atom. The summed E-state index contributed by atoms with van der Waals surface area (Å²) in [6.07, 6.45) is -0.622. The number of amides is 2. The van der Waals surface area contributed by atoms with Crippen molar-refractivity contribution in [3.05, 3.63) is 0 Å². The topological polar surface area (TPSA) is 185 Å². The molecule has 212 valence electrons. The molecule has 0 unspecified atom stereocenters. The first-order valence-electron chi connectivity index (χ1n) is 11.9. The predicted molar refractivity (Wildman–Crippen MR) is 124 cm³/mol. The van der Waals surface area contributed by atoms with Gasteiger partial charge in [0.2, 0.25) is 20.4 Å². The summed E-state index contributed by atoms with van der Waals surface area (Å²) in [6.45, 7) is 4.27. The minimum atomic E-state index is -0.844. The van der Waals surface area contributed by atoms with E-state index >= 15 is 0 Å². The molecule has 0 heterocycles. The maximum absolute atomic E-state index is 12.3. The van der Waals surface area contributed by atoms with Crippen molar-refractivity contribution in [2.24, 2.45) is 0 Å². The van der Waals surface area contributed by atoms with Crippen LogP contribution >= 0.6 is 0 Å². The van der Waals surface area contributed by atoms with E-state index in [0.29, 0.717) is 19.5 Å². The zero-order valence-electron chi connectivity index (χ0n) is 21.5. The lowest BCUT2D eigenvalue weighted by Crippen LogP contribution is -2.42. The average molecular weight is 536 g/mol. The van der Waals surface area contributed by atoms with Gasteiger partial charge in [-0.05, 0) is 13.0 Å². The van der Waals surface area contributed by atoms with Gasteiger partial charge < -0.3 is 44.0 Å². The van der Waals surface area contributed by atoms with Gasteiger partial charge in [0.15, 0.2) is 0 Å². The van der Waals surface area contributed by atoms with E-state index in [1.165, 1.54) is 4.90 Å². The Bertz CT molecular complexity index is 732. The van der Waals surface area contributed by atoms with E-state index < -0.39 is 56.4 Å². The normalized spacial score (nSPS) is 10.0. The smallest absolute Gasteiger partial charge is 0.412 e. The first-order chi connectivity index (χ1) is 17.7. The highest BCUT2D eigenvalue weighted by molar-refractivity contribution is 5.71. The second kappa shape index (κ2) is 21.6. The minimum Gasteiger partial charge on any atom is -0.428 e. The summed E-state index contributed by atoms with van der Waals surface area (Å²) in [4.78, 5) is 70.0. The molecule has 0 aromatic rings. The van der Waals surface area contributed by atoms with Gasteiger partial charge in [-0.2, -0.15) is 0 Å². The Kier molecular flexibility index (Phi) is 19.5. The van der Waals surface area contributed by atoms with Crippen LogP contribution < -0.4 is 10.6 Å². The lowest BCUT2D eigenvalue weighted by molar-refractivity contribution is -0.167. The van der Waals surface area contributed by atoms with Crippen LogP contribution in [0.25, 0.3) is 0 Å². The molecule has 15 heteroatoms. The van der Waals surface area contributed by atoms with Crippen LogP contribution in [0.5, 0.6) is 0 Å². The third-order valence-electron chi connectivity index (χ3n) is 4.32. The van der Waals surface area contributed by atoms with Gasteiger partial charge >= 0.3 is 36.1 Å². The fourth-order valence-corrected chi connectivity index (χ4v) is 2.26. The molecule has 0 aliphatic rings. The standard InChI is InChI=1S/C22H37N3O12/c1-4-17(26)32-14-35-20(29)8-7-9-23-10-12-25(22(31)37-16-34-19(28)6-3)13-11-24-21(30)36-15-33-18(27)5-2/h23H,4-16H2,1-3H3,(H,24,30). The van der Waals surface area contributed by atoms with Gasteiger partial charge in [-0.3, -0.25) is 19.2 Å². The number of hydrogen-bond donors (Lipinski definition) is 2. The quantitative estimate of drug-likeness (QED) is 0.102. The zero-order chi connectivity index (χ0) is 27.9. The van der Waals surface area contributed by atoms with Gasteiger partial charge in [0, 0.05) is 51.9 Å². The van der Waals surface area contributed by atoms with Crippen molar-refractivity contribution in [3.63, 3.8) is 0 Å². The van der Waals surface area contributed by atoms with E-state index in [4.69, 9.17) is 14.2 Å². The fourth-order valence-electron chi connectivity index (χ4n) is 2.26. The first-order valence-corrected chi connectivity index (χ1v) is 11.9. The Morgan fingerprint density at radius 3 is 1.65 bits per heavy atom. The van der Waals surface area contributed by atoms with Crippen LogP contribution in [0, 0.1) is 0 Å². The van der Waals surface area contributed by atoms with Gasteiger partial charge in [-0.25, -0.2) is 9.59 Å². The van der Waals surface area contributed by atoms with E-state index in [1.807, 2.05) is 0 Å². The molecule has 37 heavy (non-hydrogen) atoms. The lowest BCUT2D eigenvalue weighted by Gasteiger charge is -2.22. The number of alkyl carbamates (subject to hydrolysis) is 1. The number of hydrogen-bond acceptors (Lipinski definition) is 13. The summed E-state index contributed by atoms with van der Waals surface area (Å²) in [6, 6.07) is 0. The van der Waals surface area contributed by atoms with Crippen molar-refractivity contribution < 1.29 is 57.2 Å². The van der Waals surface area contributed by atoms with Crippen molar-refractivity contribution in [2.45, 2.75) is 52.9 Å². The van der Waals surface area contributed by atoms with E-state index in [2.05, 4.69) is 24.8 Å². The molecule has 0 aromatic carbocycles. The average Bonchev–Trinajstić information content (AvgIpc) is 2.88. The van der Waals surface area contributed by atoms with E-state index in [1.54, 1.807) is 20.8 Å². The zero-order valence-corrected chi connectivity index (χ0v) is 21.5. The maximum atomic E-state index is 12.3. The largest absolute Gasteiger partial charge is 0.428 e. The first kappa shape index (κ1) is 33.4. The molecule has 0 fully saturated rings. The molecule has 0 bridgehead atoms. The highest BCUT2D eigenvalue weighted by atomic mass is 16.7. The number of carbonyl (C=O) groups is 6. The Morgan fingerprint density at radius 1 is 0.595 bits per heavy atom. The van der Waals surface area contributed by atoms with Crippen LogP contribution in [0.1, 0.15) is 52.9 Å². The third-order valence-corrected chi connectivity index (χ3v) is 4.32. The Labute approximate surface area is 215 Å². The molecule has 0 atom stereocenters. The third kappa shape index (κ3) is 19.3. The van der Waals surface area contributed by atoms with Crippen molar-refractivity contribution in [3.8, 4) is 0 Å². The fraction of sp³-hybridized carbons (Fsp3) is 0.727. The van der Waals surface area contributed by atoms with Crippen molar-refractivity contribution in [2.75, 3.05) is 53.1 Å². The summed E-state index contributed by atoms with van der Waals surface area (Å²) in [7, 11) is 0. The second-order valence-corrected chi connectivity index (χ2v) is 7.09. The number of nitrogens with one attached hydrogen (secondary N) is 2. The molecular formula is C22H37N3O12. The van der Waals surface area contributed by atoms with Crippen LogP contribution in [0.4, 0.5) is 9.59 Å². The molecule has 15 nitrogen and oxygen atoms in total. The van der Waals surface area contributed by atoms with Crippen LogP contribution in [-0.4, -0.2) is 94.1 Å². The molecule has 0 aliphatic heterocycles. The highest BCUT2D eigenvalue weighted by Crippen LogP contribution is 1.97. The molecule has 0 aromatic heterocycles. The van der Waals surface area contributed by atoms with Gasteiger partial charge in [-0.15, -0.1) is 0 Å². The summed E-state index contributed by atoms with van der Waals surface area (Å²) < 4.78 is 28.4. The van der Waals surface area contributed by atoms with Gasteiger partial charge in [-0.1, -0.05) is 20.8 Å². The molecule has 0 rings (SSSR count). The number of rotatable bonds is 19. The van der Waals surface area contributed by atoms with E-state index in [-0.39, 0.29) is 45.3 Å². The van der Waals surface area contributed by atoms with E-state index in [9.17, 15) is 28.8 Å². The Hall–Kier alpha value is -3.62. The molecule has 0 spiro atoms. The molecule has 0 aliphatic carbocycles. The van der Waals surface area contributed by atoms with Crippen LogP contribution in [0.3, 0.4) is 0 Å². The predicted octanol–water partition coefficient (Wildman–Crippen LogP) is 0.796. The van der Waals surface area contributed by atoms with Crippen LogP contribution in [0.2, 0.25) is 0 Å². The molecule has 0 saturated carbocycles. The van der Waals surface area contributed by atoms with Crippen molar-refractivity contribution in [1.82, 2.24) is 15.5 Å². The summed E-state index contributed by atoms with van der Waals surface area (Å²) >= 11 is 0. The van der Waals surface area contributed by atoms with Crippen LogP contribution in [-0.2, 0) is 47.6 Å². The van der Waals surface area contributed by atoms with Crippen molar-refractivity contribution >= 4 is 36.1 Å². The highest BCUT2D eigenvalue weighted by Gasteiger charge is 2.16. The summed E-state index contributed by atoms with van der Waals surface area (Å²) in [5.74, 6) is -2.03. The van der Waals surface area contributed by atoms with Crippen molar-refractivity contribution in [1.29, 1.82) is 0 Å². The summed E-state index contributed by atoms with van der Waals surface area (Å²) in [5, 5.41) is 5.45. The molecule has 2 amide bonds. The molecule has 2 N–H and O–H groups in total. The second-order valence-electron chi connectivity index (χ2n) is 7.09. The van der Waals surface area contributed by atoms with Gasteiger partial charge in [0.1, 0.15) is 0 Å². The molecule has 0 radical (unpaired) electrons. The van der Waals surface area contributed by atoms with E-state index in [0.717, 1.165) is 0 Å². The maximum Gasteiger partial charge on any atom is 0.412 e.